The first kappa shape index (κ1) is 11.3. The highest BCUT2D eigenvalue weighted by Gasteiger charge is 2.31. The van der Waals surface area contributed by atoms with Gasteiger partial charge in [0.2, 0.25) is 0 Å². The Labute approximate surface area is 105 Å². The van der Waals surface area contributed by atoms with Gasteiger partial charge in [-0.3, -0.25) is 4.79 Å². The summed E-state index contributed by atoms with van der Waals surface area (Å²) in [6, 6.07) is 9.44. The van der Waals surface area contributed by atoms with Crippen LogP contribution < -0.4 is 11.1 Å². The minimum atomic E-state index is -0.173. The third kappa shape index (κ3) is 2.11. The molecule has 1 fully saturated rings. The number of benzene rings is 1. The Morgan fingerprint density at radius 2 is 2.22 bits per heavy atom. The highest BCUT2D eigenvalue weighted by atomic mass is 16.3. The van der Waals surface area contributed by atoms with Crippen molar-refractivity contribution in [2.24, 2.45) is 11.7 Å². The van der Waals surface area contributed by atoms with Crippen LogP contribution in [0, 0.1) is 5.92 Å². The maximum absolute atomic E-state index is 12.1. The van der Waals surface area contributed by atoms with Crippen LogP contribution in [-0.2, 0) is 0 Å². The fraction of sp³-hybridized carbons (Fsp3) is 0.357. The van der Waals surface area contributed by atoms with Crippen LogP contribution in [0.4, 0.5) is 0 Å². The van der Waals surface area contributed by atoms with Gasteiger partial charge in [0.15, 0.2) is 5.76 Å². The molecule has 1 aromatic heterocycles. The van der Waals surface area contributed by atoms with Crippen LogP contribution in [0.5, 0.6) is 0 Å². The highest BCUT2D eigenvalue weighted by Crippen LogP contribution is 2.32. The molecule has 3 N–H and O–H groups in total. The van der Waals surface area contributed by atoms with Gasteiger partial charge in [-0.05, 0) is 30.9 Å². The third-order valence-electron chi connectivity index (χ3n) is 3.41. The molecule has 3 rings (SSSR count). The van der Waals surface area contributed by atoms with Crippen molar-refractivity contribution in [3.63, 3.8) is 0 Å². The lowest BCUT2D eigenvalue weighted by Gasteiger charge is -2.14. The zero-order valence-corrected chi connectivity index (χ0v) is 10.1. The lowest BCUT2D eigenvalue weighted by molar-refractivity contribution is 0.0907. The van der Waals surface area contributed by atoms with Crippen molar-refractivity contribution in [1.82, 2.24) is 5.32 Å². The maximum atomic E-state index is 12.1. The molecule has 1 heterocycles. The number of hydrogen-bond donors (Lipinski definition) is 2. The van der Waals surface area contributed by atoms with E-state index in [1.807, 2.05) is 24.3 Å². The number of rotatable bonds is 4. The summed E-state index contributed by atoms with van der Waals surface area (Å²) in [5.41, 5.74) is 6.40. The van der Waals surface area contributed by atoms with E-state index in [2.05, 4.69) is 5.32 Å². The van der Waals surface area contributed by atoms with Gasteiger partial charge in [0, 0.05) is 18.0 Å². The van der Waals surface area contributed by atoms with Crippen molar-refractivity contribution in [2.45, 2.75) is 18.9 Å². The molecule has 1 aliphatic carbocycles. The average molecular weight is 244 g/mol. The Kier molecular flexibility index (Phi) is 2.80. The number of amides is 1. The van der Waals surface area contributed by atoms with E-state index in [4.69, 9.17) is 10.2 Å². The van der Waals surface area contributed by atoms with E-state index < -0.39 is 0 Å². The van der Waals surface area contributed by atoms with E-state index in [0.717, 1.165) is 23.8 Å². The van der Waals surface area contributed by atoms with Crippen LogP contribution in [0.15, 0.2) is 34.7 Å². The average Bonchev–Trinajstić information content (AvgIpc) is 3.13. The largest absolute Gasteiger partial charge is 0.451 e. The number of para-hydroxylation sites is 1. The number of furan rings is 1. The van der Waals surface area contributed by atoms with Gasteiger partial charge in [0.05, 0.1) is 0 Å². The molecule has 0 radical (unpaired) electrons. The zero-order chi connectivity index (χ0) is 12.5. The standard InChI is InChI=1S/C14H16N2O2/c15-8-11(9-5-6-9)16-14(17)13-7-10-3-1-2-4-12(10)18-13/h1-4,7,9,11H,5-6,8,15H2,(H,16,17). The Bertz CT molecular complexity index is 539. The molecule has 0 bridgehead atoms. The van der Waals surface area contributed by atoms with Crippen molar-refractivity contribution in [2.75, 3.05) is 6.54 Å². The van der Waals surface area contributed by atoms with E-state index in [0.29, 0.717) is 18.2 Å². The molecule has 1 aliphatic rings. The second-order valence-corrected chi connectivity index (χ2v) is 4.80. The summed E-state index contributed by atoms with van der Waals surface area (Å²) in [5, 5.41) is 3.89. The number of hydrogen-bond acceptors (Lipinski definition) is 3. The maximum Gasteiger partial charge on any atom is 0.287 e. The van der Waals surface area contributed by atoms with Crippen LogP contribution in [0.25, 0.3) is 11.0 Å². The van der Waals surface area contributed by atoms with Gasteiger partial charge in [-0.15, -0.1) is 0 Å². The minimum absolute atomic E-state index is 0.0747. The summed E-state index contributed by atoms with van der Waals surface area (Å²) in [4.78, 5) is 12.1. The van der Waals surface area contributed by atoms with Crippen molar-refractivity contribution in [3.8, 4) is 0 Å². The first-order chi connectivity index (χ1) is 8.78. The molecule has 1 aromatic carbocycles. The molecule has 2 aromatic rings. The third-order valence-corrected chi connectivity index (χ3v) is 3.41. The minimum Gasteiger partial charge on any atom is -0.451 e. The van der Waals surface area contributed by atoms with Gasteiger partial charge >= 0.3 is 0 Å². The SMILES string of the molecule is NCC(NC(=O)c1cc2ccccc2o1)C1CC1. The predicted molar refractivity (Wildman–Crippen MR) is 69.2 cm³/mol. The molecular formula is C14H16N2O2. The Morgan fingerprint density at radius 1 is 1.44 bits per heavy atom. The fourth-order valence-corrected chi connectivity index (χ4v) is 2.20. The van der Waals surface area contributed by atoms with Gasteiger partial charge < -0.3 is 15.5 Å². The van der Waals surface area contributed by atoms with Crippen LogP contribution in [-0.4, -0.2) is 18.5 Å². The smallest absolute Gasteiger partial charge is 0.287 e. The molecule has 0 spiro atoms. The summed E-state index contributed by atoms with van der Waals surface area (Å²) in [5.74, 6) is 0.729. The monoisotopic (exact) mass is 244 g/mol. The topological polar surface area (TPSA) is 68.3 Å². The van der Waals surface area contributed by atoms with E-state index in [1.54, 1.807) is 6.07 Å². The molecular weight excluding hydrogens is 228 g/mol. The zero-order valence-electron chi connectivity index (χ0n) is 10.1. The molecule has 0 saturated heterocycles. The lowest BCUT2D eigenvalue weighted by Crippen LogP contribution is -2.41. The number of carbonyl (C=O) groups is 1. The molecule has 1 unspecified atom stereocenters. The predicted octanol–water partition coefficient (Wildman–Crippen LogP) is 1.90. The quantitative estimate of drug-likeness (QED) is 0.863. The number of nitrogens with one attached hydrogen (secondary N) is 1. The lowest BCUT2D eigenvalue weighted by atomic mass is 10.2. The molecule has 94 valence electrons. The van der Waals surface area contributed by atoms with Crippen molar-refractivity contribution < 1.29 is 9.21 Å². The van der Waals surface area contributed by atoms with Gasteiger partial charge in [0.1, 0.15) is 5.58 Å². The van der Waals surface area contributed by atoms with Gasteiger partial charge in [0.25, 0.3) is 5.91 Å². The van der Waals surface area contributed by atoms with Gasteiger partial charge in [-0.1, -0.05) is 18.2 Å². The van der Waals surface area contributed by atoms with Crippen LogP contribution in [0.1, 0.15) is 23.4 Å². The fourth-order valence-electron chi connectivity index (χ4n) is 2.20. The van der Waals surface area contributed by atoms with Crippen molar-refractivity contribution in [3.05, 3.63) is 36.1 Å². The number of fused-ring (bicyclic) bond motifs is 1. The Hall–Kier alpha value is -1.81. The van der Waals surface area contributed by atoms with Crippen molar-refractivity contribution >= 4 is 16.9 Å². The molecule has 18 heavy (non-hydrogen) atoms. The van der Waals surface area contributed by atoms with E-state index in [9.17, 15) is 4.79 Å². The highest BCUT2D eigenvalue weighted by molar-refractivity contribution is 5.96. The van der Waals surface area contributed by atoms with E-state index in [-0.39, 0.29) is 11.9 Å². The van der Waals surface area contributed by atoms with E-state index in [1.165, 1.54) is 0 Å². The van der Waals surface area contributed by atoms with Crippen LogP contribution >= 0.6 is 0 Å². The summed E-state index contributed by atoms with van der Waals surface area (Å²) in [6.45, 7) is 0.483. The summed E-state index contributed by atoms with van der Waals surface area (Å²) in [6.07, 6.45) is 2.31. The summed E-state index contributed by atoms with van der Waals surface area (Å²) < 4.78 is 5.52. The molecule has 0 aliphatic heterocycles. The summed E-state index contributed by atoms with van der Waals surface area (Å²) in [7, 11) is 0. The number of carbonyl (C=O) groups excluding carboxylic acids is 1. The van der Waals surface area contributed by atoms with Gasteiger partial charge in [-0.2, -0.15) is 0 Å². The molecule has 1 atom stereocenters. The molecule has 1 amide bonds. The van der Waals surface area contributed by atoms with Gasteiger partial charge in [-0.25, -0.2) is 0 Å². The molecule has 1 saturated carbocycles. The second kappa shape index (κ2) is 4.46. The van der Waals surface area contributed by atoms with E-state index >= 15 is 0 Å². The first-order valence-electron chi connectivity index (χ1n) is 6.27. The number of nitrogens with two attached hydrogens (primary N) is 1. The molecule has 4 nitrogen and oxygen atoms in total. The Morgan fingerprint density at radius 3 is 2.89 bits per heavy atom. The summed E-state index contributed by atoms with van der Waals surface area (Å²) >= 11 is 0. The van der Waals surface area contributed by atoms with Crippen molar-refractivity contribution in [1.29, 1.82) is 0 Å². The first-order valence-corrected chi connectivity index (χ1v) is 6.27. The van der Waals surface area contributed by atoms with Crippen LogP contribution in [0.2, 0.25) is 0 Å². The van der Waals surface area contributed by atoms with Crippen LogP contribution in [0.3, 0.4) is 0 Å². The normalized spacial score (nSPS) is 16.7. The second-order valence-electron chi connectivity index (χ2n) is 4.80. The molecule has 4 heteroatoms. The Balaban J connectivity index is 1.78.